The van der Waals surface area contributed by atoms with Gasteiger partial charge in [-0.05, 0) is 7.05 Å². The molecule has 1 saturated heterocycles. The van der Waals surface area contributed by atoms with Gasteiger partial charge < -0.3 is 10.3 Å². The lowest BCUT2D eigenvalue weighted by atomic mass is 10.3. The molecule has 0 aliphatic carbocycles. The average Bonchev–Trinajstić information content (AvgIpc) is 2.98. The number of rotatable bonds is 2. The van der Waals surface area contributed by atoms with Crippen LogP contribution < -0.4 is 5.73 Å². The number of H-pyrrole nitrogens is 1. The van der Waals surface area contributed by atoms with Gasteiger partial charge in [-0.25, -0.2) is 0 Å². The van der Waals surface area contributed by atoms with Gasteiger partial charge in [0.2, 0.25) is 0 Å². The Kier molecular flexibility index (Phi) is 2.96. The molecule has 1 fully saturated rings. The van der Waals surface area contributed by atoms with Gasteiger partial charge in [-0.2, -0.15) is 21.8 Å². The monoisotopic (exact) mass is 266 g/mol. The summed E-state index contributed by atoms with van der Waals surface area (Å²) in [5, 5.41) is 10.6. The zero-order valence-corrected chi connectivity index (χ0v) is 10.8. The SMILES string of the molecule is CN1CCSCC1c1noc(-c2cc(N)n[nH]2)n1. The smallest absolute Gasteiger partial charge is 0.276 e. The van der Waals surface area contributed by atoms with Crippen LogP contribution in [0.25, 0.3) is 11.6 Å². The number of hydrogen-bond acceptors (Lipinski definition) is 7. The Morgan fingerprint density at radius 3 is 3.22 bits per heavy atom. The molecule has 3 heterocycles. The molecular weight excluding hydrogens is 252 g/mol. The maximum atomic E-state index is 5.54. The van der Waals surface area contributed by atoms with Crippen LogP contribution in [0.4, 0.5) is 5.82 Å². The molecule has 8 heteroatoms. The number of nitrogens with one attached hydrogen (secondary N) is 1. The molecule has 18 heavy (non-hydrogen) atoms. The molecule has 1 unspecified atom stereocenters. The van der Waals surface area contributed by atoms with E-state index in [4.69, 9.17) is 10.3 Å². The third kappa shape index (κ3) is 2.08. The molecule has 3 rings (SSSR count). The van der Waals surface area contributed by atoms with Gasteiger partial charge in [-0.1, -0.05) is 5.16 Å². The highest BCUT2D eigenvalue weighted by atomic mass is 32.2. The topological polar surface area (TPSA) is 96.9 Å². The number of hydrogen-bond donors (Lipinski definition) is 2. The molecule has 2 aromatic rings. The van der Waals surface area contributed by atoms with Crippen molar-refractivity contribution in [3.63, 3.8) is 0 Å². The van der Waals surface area contributed by atoms with Gasteiger partial charge in [0.1, 0.15) is 11.5 Å². The first-order valence-electron chi connectivity index (χ1n) is 5.67. The number of nitrogens with two attached hydrogens (primary N) is 1. The first-order valence-corrected chi connectivity index (χ1v) is 6.82. The Balaban J connectivity index is 1.84. The van der Waals surface area contributed by atoms with Crippen molar-refractivity contribution >= 4 is 17.6 Å². The zero-order valence-electron chi connectivity index (χ0n) is 9.96. The Bertz CT molecular complexity index is 538. The minimum absolute atomic E-state index is 0.210. The van der Waals surface area contributed by atoms with E-state index in [0.29, 0.717) is 23.2 Å². The number of thioether (sulfide) groups is 1. The van der Waals surface area contributed by atoms with Gasteiger partial charge in [0.15, 0.2) is 5.82 Å². The number of aromatic amines is 1. The maximum Gasteiger partial charge on any atom is 0.276 e. The summed E-state index contributed by atoms with van der Waals surface area (Å²) in [5.41, 5.74) is 6.19. The second kappa shape index (κ2) is 4.62. The first-order chi connectivity index (χ1) is 8.74. The van der Waals surface area contributed by atoms with Crippen molar-refractivity contribution in [1.29, 1.82) is 0 Å². The molecule has 1 aliphatic rings. The summed E-state index contributed by atoms with van der Waals surface area (Å²) in [7, 11) is 2.08. The van der Waals surface area contributed by atoms with Crippen LogP contribution in [0, 0.1) is 0 Å². The van der Waals surface area contributed by atoms with Crippen LogP contribution in [0.2, 0.25) is 0 Å². The summed E-state index contributed by atoms with van der Waals surface area (Å²) in [6.07, 6.45) is 0. The lowest BCUT2D eigenvalue weighted by Crippen LogP contribution is -2.33. The zero-order chi connectivity index (χ0) is 12.5. The molecule has 0 spiro atoms. The van der Waals surface area contributed by atoms with Crippen molar-refractivity contribution in [3.8, 4) is 11.6 Å². The Morgan fingerprint density at radius 1 is 1.61 bits per heavy atom. The largest absolute Gasteiger partial charge is 0.382 e. The fraction of sp³-hybridized carbons (Fsp3) is 0.500. The second-order valence-electron chi connectivity index (χ2n) is 4.24. The van der Waals surface area contributed by atoms with Gasteiger partial charge in [0.05, 0.1) is 6.04 Å². The van der Waals surface area contributed by atoms with Crippen LogP contribution >= 0.6 is 11.8 Å². The normalized spacial score (nSPS) is 21.3. The maximum absolute atomic E-state index is 5.54. The van der Waals surface area contributed by atoms with Gasteiger partial charge >= 0.3 is 0 Å². The summed E-state index contributed by atoms with van der Waals surface area (Å²) < 4.78 is 5.24. The highest BCUT2D eigenvalue weighted by molar-refractivity contribution is 7.99. The molecule has 3 N–H and O–H groups in total. The van der Waals surface area contributed by atoms with Crippen LogP contribution in [-0.2, 0) is 0 Å². The predicted molar refractivity (Wildman–Crippen MR) is 69.0 cm³/mol. The molecule has 1 aliphatic heterocycles. The third-order valence-corrected chi connectivity index (χ3v) is 3.99. The van der Waals surface area contributed by atoms with E-state index in [1.54, 1.807) is 6.07 Å². The van der Waals surface area contributed by atoms with Crippen LogP contribution in [0.15, 0.2) is 10.6 Å². The van der Waals surface area contributed by atoms with Crippen molar-refractivity contribution in [2.75, 3.05) is 30.8 Å². The average molecular weight is 266 g/mol. The molecule has 1 atom stereocenters. The van der Waals surface area contributed by atoms with Gasteiger partial charge in [-0.15, -0.1) is 0 Å². The van der Waals surface area contributed by atoms with Crippen molar-refractivity contribution in [1.82, 2.24) is 25.2 Å². The first kappa shape index (κ1) is 11.5. The predicted octanol–water partition coefficient (Wildman–Crippen LogP) is 0.762. The Morgan fingerprint density at radius 2 is 2.50 bits per heavy atom. The number of aromatic nitrogens is 4. The Labute approximate surface area is 108 Å². The summed E-state index contributed by atoms with van der Waals surface area (Å²) in [4.78, 5) is 6.65. The fourth-order valence-corrected chi connectivity index (χ4v) is 3.10. The highest BCUT2D eigenvalue weighted by Crippen LogP contribution is 2.27. The number of nitrogen functional groups attached to an aromatic ring is 1. The quantitative estimate of drug-likeness (QED) is 0.828. The molecule has 0 amide bonds. The fourth-order valence-electron chi connectivity index (χ4n) is 1.88. The second-order valence-corrected chi connectivity index (χ2v) is 5.39. The van der Waals surface area contributed by atoms with Gasteiger partial charge in [0.25, 0.3) is 5.89 Å². The molecular formula is C10H14N6OS. The van der Waals surface area contributed by atoms with Gasteiger partial charge in [0, 0.05) is 24.1 Å². The third-order valence-electron chi connectivity index (χ3n) is 2.96. The molecule has 0 radical (unpaired) electrons. The summed E-state index contributed by atoms with van der Waals surface area (Å²) >= 11 is 1.91. The molecule has 0 bridgehead atoms. The number of anilines is 1. The van der Waals surface area contributed by atoms with E-state index in [0.717, 1.165) is 18.1 Å². The lowest BCUT2D eigenvalue weighted by molar-refractivity contribution is 0.257. The number of nitrogens with zero attached hydrogens (tertiary/aromatic N) is 4. The van der Waals surface area contributed by atoms with E-state index in [9.17, 15) is 0 Å². The van der Waals surface area contributed by atoms with Crippen LogP contribution in [0.1, 0.15) is 11.9 Å². The molecule has 0 aromatic carbocycles. The van der Waals surface area contributed by atoms with Crippen LogP contribution in [0.5, 0.6) is 0 Å². The lowest BCUT2D eigenvalue weighted by Gasteiger charge is -2.29. The Hall–Kier alpha value is -1.54. The van der Waals surface area contributed by atoms with E-state index < -0.39 is 0 Å². The van der Waals surface area contributed by atoms with Crippen molar-refractivity contribution in [2.24, 2.45) is 0 Å². The highest BCUT2D eigenvalue weighted by Gasteiger charge is 2.26. The van der Waals surface area contributed by atoms with E-state index in [-0.39, 0.29) is 6.04 Å². The molecule has 96 valence electrons. The van der Waals surface area contributed by atoms with Crippen molar-refractivity contribution in [3.05, 3.63) is 11.9 Å². The van der Waals surface area contributed by atoms with E-state index in [2.05, 4.69) is 32.3 Å². The minimum atomic E-state index is 0.210. The van der Waals surface area contributed by atoms with Gasteiger partial charge in [-0.3, -0.25) is 10.00 Å². The summed E-state index contributed by atoms with van der Waals surface area (Å²) in [6, 6.07) is 1.89. The van der Waals surface area contributed by atoms with Crippen molar-refractivity contribution in [2.45, 2.75) is 6.04 Å². The standard InChI is InChI=1S/C10H14N6OS/c1-16-2-3-18-5-7(16)9-12-10(17-15-9)6-4-8(11)14-13-6/h4,7H,2-3,5H2,1H3,(H3,11,13,14). The molecule has 7 nitrogen and oxygen atoms in total. The van der Waals surface area contributed by atoms with Crippen molar-refractivity contribution < 1.29 is 4.52 Å². The van der Waals surface area contributed by atoms with E-state index in [1.165, 1.54) is 0 Å². The molecule has 2 aromatic heterocycles. The van der Waals surface area contributed by atoms with Crippen LogP contribution in [0.3, 0.4) is 0 Å². The summed E-state index contributed by atoms with van der Waals surface area (Å²) in [6.45, 7) is 1.04. The minimum Gasteiger partial charge on any atom is -0.382 e. The summed E-state index contributed by atoms with van der Waals surface area (Å²) in [5.74, 6) is 3.69. The molecule has 0 saturated carbocycles. The van der Waals surface area contributed by atoms with E-state index >= 15 is 0 Å². The van der Waals surface area contributed by atoms with E-state index in [1.807, 2.05) is 11.8 Å². The van der Waals surface area contributed by atoms with Crippen LogP contribution in [-0.4, -0.2) is 50.3 Å².